The van der Waals surface area contributed by atoms with Crippen LogP contribution in [0.2, 0.25) is 0 Å². The molecule has 0 aliphatic heterocycles. The Kier molecular flexibility index (Phi) is 4.56. The Bertz CT molecular complexity index is 487. The molecule has 2 rings (SSSR count). The molecule has 0 aliphatic carbocycles. The summed E-state index contributed by atoms with van der Waals surface area (Å²) in [6.45, 7) is 0. The summed E-state index contributed by atoms with van der Waals surface area (Å²) < 4.78 is 0.995. The van der Waals surface area contributed by atoms with Crippen LogP contribution in [0.5, 0.6) is 0 Å². The lowest BCUT2D eigenvalue weighted by molar-refractivity contribution is 1.14. The highest BCUT2D eigenvalue weighted by Crippen LogP contribution is 2.19. The minimum atomic E-state index is 0.649. The molecule has 0 saturated carbocycles. The highest BCUT2D eigenvalue weighted by Gasteiger charge is 2.01. The van der Waals surface area contributed by atoms with Crippen molar-refractivity contribution in [1.29, 1.82) is 0 Å². The van der Waals surface area contributed by atoms with Gasteiger partial charge in [0.15, 0.2) is 0 Å². The quantitative estimate of drug-likeness (QED) is 0.669. The smallest absolute Gasteiger partial charge is 0.147 e. The molecule has 1 aromatic carbocycles. The number of benzene rings is 1. The maximum absolute atomic E-state index is 5.69. The van der Waals surface area contributed by atoms with Crippen molar-refractivity contribution in [2.75, 3.05) is 11.2 Å². The first-order valence-electron chi connectivity index (χ1n) is 5.17. The molecule has 1 heterocycles. The van der Waals surface area contributed by atoms with Gasteiger partial charge in [0.2, 0.25) is 0 Å². The molecule has 2 aromatic rings. The first-order valence-corrected chi connectivity index (χ1v) is 6.78. The lowest BCUT2D eigenvalue weighted by Gasteiger charge is -2.07. The number of anilines is 2. The molecule has 0 amide bonds. The minimum Gasteiger partial charge on any atom is -0.339 e. The Balaban J connectivity index is 2.11. The van der Waals surface area contributed by atoms with Gasteiger partial charge in [0.1, 0.15) is 12.1 Å². The van der Waals surface area contributed by atoms with Crippen molar-refractivity contribution in [3.8, 4) is 0 Å². The molecule has 3 nitrogen and oxygen atoms in total. The summed E-state index contributed by atoms with van der Waals surface area (Å²) in [5.74, 6) is 1.47. The van der Waals surface area contributed by atoms with E-state index in [0.29, 0.717) is 5.88 Å². The summed E-state index contributed by atoms with van der Waals surface area (Å²) in [5, 5.41) is 3.25. The fourth-order valence-corrected chi connectivity index (χ4v) is 2.06. The molecular weight excluding hydrogens is 349 g/mol. The Morgan fingerprint density at radius 3 is 2.65 bits per heavy atom. The van der Waals surface area contributed by atoms with Crippen LogP contribution in [0.25, 0.3) is 0 Å². The van der Waals surface area contributed by atoms with E-state index in [1.54, 1.807) is 6.20 Å². The molecule has 0 atom stereocenters. The number of nitrogens with one attached hydrogen (secondary N) is 1. The second-order valence-corrected chi connectivity index (χ2v) is 5.02. The average molecular weight is 360 g/mol. The largest absolute Gasteiger partial charge is 0.339 e. The first-order chi connectivity index (χ1) is 8.29. The van der Waals surface area contributed by atoms with Crippen LogP contribution in [0.15, 0.2) is 36.8 Å². The first kappa shape index (κ1) is 12.6. The van der Waals surface area contributed by atoms with Crippen molar-refractivity contribution in [1.82, 2.24) is 9.97 Å². The molecule has 5 heteroatoms. The number of hydrogen-bond donors (Lipinski definition) is 1. The van der Waals surface area contributed by atoms with Crippen molar-refractivity contribution < 1.29 is 0 Å². The molecule has 0 bridgehead atoms. The maximum atomic E-state index is 5.69. The van der Waals surface area contributed by atoms with Crippen LogP contribution in [-0.4, -0.2) is 15.8 Å². The molecule has 88 valence electrons. The summed E-state index contributed by atoms with van der Waals surface area (Å²) >= 11 is 7.90. The van der Waals surface area contributed by atoms with E-state index in [1.165, 1.54) is 11.9 Å². The van der Waals surface area contributed by atoms with Gasteiger partial charge in [-0.05, 0) is 46.7 Å². The van der Waals surface area contributed by atoms with Gasteiger partial charge in [-0.25, -0.2) is 9.97 Å². The van der Waals surface area contributed by atoms with E-state index >= 15 is 0 Å². The standard InChI is InChI=1S/C12H11ClIN3/c13-6-5-9-1-3-10(4-2-9)17-12-11(14)7-15-8-16-12/h1-4,7-8H,5-6H2,(H,15,16,17). The second kappa shape index (κ2) is 6.16. The molecule has 0 saturated heterocycles. The van der Waals surface area contributed by atoms with Crippen LogP contribution in [0.4, 0.5) is 11.5 Å². The van der Waals surface area contributed by atoms with Crippen LogP contribution in [0, 0.1) is 3.57 Å². The summed E-state index contributed by atoms with van der Waals surface area (Å²) in [7, 11) is 0. The Labute approximate surface area is 119 Å². The zero-order valence-electron chi connectivity index (χ0n) is 9.03. The summed E-state index contributed by atoms with van der Waals surface area (Å²) in [5.41, 5.74) is 2.25. The Morgan fingerprint density at radius 1 is 1.24 bits per heavy atom. The topological polar surface area (TPSA) is 37.8 Å². The zero-order valence-corrected chi connectivity index (χ0v) is 11.9. The number of aromatic nitrogens is 2. The fraction of sp³-hybridized carbons (Fsp3) is 0.167. The van der Waals surface area contributed by atoms with Crippen molar-refractivity contribution >= 4 is 45.7 Å². The predicted molar refractivity (Wildman–Crippen MR) is 78.9 cm³/mol. The van der Waals surface area contributed by atoms with Crippen molar-refractivity contribution in [3.05, 3.63) is 45.9 Å². The average Bonchev–Trinajstić information content (AvgIpc) is 2.35. The molecule has 0 radical (unpaired) electrons. The number of hydrogen-bond acceptors (Lipinski definition) is 3. The monoisotopic (exact) mass is 359 g/mol. The predicted octanol–water partition coefficient (Wildman–Crippen LogP) is 3.61. The van der Waals surface area contributed by atoms with E-state index < -0.39 is 0 Å². The second-order valence-electron chi connectivity index (χ2n) is 3.48. The molecule has 0 unspecified atom stereocenters. The van der Waals surface area contributed by atoms with Gasteiger partial charge in [-0.15, -0.1) is 11.6 Å². The lowest BCUT2D eigenvalue weighted by Crippen LogP contribution is -1.97. The molecule has 1 aromatic heterocycles. The van der Waals surface area contributed by atoms with Crippen LogP contribution >= 0.6 is 34.2 Å². The van der Waals surface area contributed by atoms with Crippen molar-refractivity contribution in [2.24, 2.45) is 0 Å². The van der Waals surface area contributed by atoms with Crippen LogP contribution in [0.1, 0.15) is 5.56 Å². The Morgan fingerprint density at radius 2 is 2.00 bits per heavy atom. The van der Waals surface area contributed by atoms with E-state index in [0.717, 1.165) is 21.5 Å². The third kappa shape index (κ3) is 3.54. The third-order valence-electron chi connectivity index (χ3n) is 2.27. The van der Waals surface area contributed by atoms with Gasteiger partial charge < -0.3 is 5.32 Å². The van der Waals surface area contributed by atoms with E-state index in [9.17, 15) is 0 Å². The molecule has 0 spiro atoms. The van der Waals surface area contributed by atoms with E-state index in [1.807, 2.05) is 12.1 Å². The number of nitrogens with zero attached hydrogens (tertiary/aromatic N) is 2. The summed E-state index contributed by atoms with van der Waals surface area (Å²) in [6.07, 6.45) is 4.21. The fourth-order valence-electron chi connectivity index (χ4n) is 1.41. The molecule has 0 aliphatic rings. The highest BCUT2D eigenvalue weighted by atomic mass is 127. The van der Waals surface area contributed by atoms with Gasteiger partial charge in [0.05, 0.1) is 3.57 Å². The number of halogens is 2. The maximum Gasteiger partial charge on any atom is 0.147 e. The third-order valence-corrected chi connectivity index (χ3v) is 3.25. The zero-order chi connectivity index (χ0) is 12.1. The van der Waals surface area contributed by atoms with E-state index in [2.05, 4.69) is 50.0 Å². The number of aryl methyl sites for hydroxylation is 1. The Hall–Kier alpha value is -0.880. The highest BCUT2D eigenvalue weighted by molar-refractivity contribution is 14.1. The van der Waals surface area contributed by atoms with Gasteiger partial charge in [0.25, 0.3) is 0 Å². The SMILES string of the molecule is ClCCc1ccc(Nc2ncncc2I)cc1. The van der Waals surface area contributed by atoms with Crippen LogP contribution in [0.3, 0.4) is 0 Å². The van der Waals surface area contributed by atoms with Gasteiger partial charge in [-0.1, -0.05) is 12.1 Å². The molecule has 0 fully saturated rings. The van der Waals surface area contributed by atoms with Gasteiger partial charge >= 0.3 is 0 Å². The normalized spacial score (nSPS) is 10.2. The van der Waals surface area contributed by atoms with E-state index in [-0.39, 0.29) is 0 Å². The number of rotatable bonds is 4. The lowest BCUT2D eigenvalue weighted by atomic mass is 10.1. The van der Waals surface area contributed by atoms with Crippen molar-refractivity contribution in [2.45, 2.75) is 6.42 Å². The van der Waals surface area contributed by atoms with Gasteiger partial charge in [0, 0.05) is 17.8 Å². The summed E-state index contributed by atoms with van der Waals surface area (Å²) in [4.78, 5) is 8.13. The molecule has 1 N–H and O–H groups in total. The summed E-state index contributed by atoms with van der Waals surface area (Å²) in [6, 6.07) is 8.19. The van der Waals surface area contributed by atoms with Gasteiger partial charge in [-0.2, -0.15) is 0 Å². The van der Waals surface area contributed by atoms with E-state index in [4.69, 9.17) is 11.6 Å². The molecular formula is C12H11ClIN3. The van der Waals surface area contributed by atoms with Gasteiger partial charge in [-0.3, -0.25) is 0 Å². The van der Waals surface area contributed by atoms with Crippen LogP contribution in [-0.2, 0) is 6.42 Å². The molecule has 17 heavy (non-hydrogen) atoms. The number of alkyl halides is 1. The minimum absolute atomic E-state index is 0.649. The van der Waals surface area contributed by atoms with Crippen molar-refractivity contribution in [3.63, 3.8) is 0 Å². The van der Waals surface area contributed by atoms with Crippen LogP contribution < -0.4 is 5.32 Å².